The number of anilines is 3. The third-order valence-electron chi connectivity index (χ3n) is 4.53. The molecule has 0 fully saturated rings. The molecular weight excluding hydrogens is 378 g/mol. The average Bonchev–Trinajstić information content (AvgIpc) is 3.30. The van der Waals surface area contributed by atoms with E-state index in [0.717, 1.165) is 18.1 Å². The number of hydrogen-bond donors (Lipinski definition) is 3. The minimum Gasteiger partial charge on any atom is -0.505 e. The van der Waals surface area contributed by atoms with Crippen molar-refractivity contribution in [3.63, 3.8) is 0 Å². The molecule has 0 aliphatic carbocycles. The van der Waals surface area contributed by atoms with Crippen molar-refractivity contribution in [2.75, 3.05) is 31.3 Å². The van der Waals surface area contributed by atoms with E-state index in [1.807, 2.05) is 6.26 Å². The van der Waals surface area contributed by atoms with Crippen molar-refractivity contribution in [1.29, 1.82) is 0 Å². The van der Waals surface area contributed by atoms with Crippen LogP contribution in [0, 0.1) is 5.92 Å². The molecule has 0 saturated heterocycles. The standard InChI is InChI=1S/C19H25N5O3S/c1-11(2)12-8-13(27-10-12)9-20-17-18(23-28-22-17)21-15-7-5-6-14(16(15)25)19(26)24(3)4/h5-7,10-11,13,25H,8-9H2,1-4H3,(H,20,22)(H,21,23). The van der Waals surface area contributed by atoms with E-state index in [1.54, 1.807) is 32.3 Å². The van der Waals surface area contributed by atoms with Gasteiger partial charge in [-0.05, 0) is 23.6 Å². The minimum absolute atomic E-state index is 0.0568. The average molecular weight is 404 g/mol. The van der Waals surface area contributed by atoms with Gasteiger partial charge in [0.25, 0.3) is 5.91 Å². The number of para-hydroxylation sites is 1. The van der Waals surface area contributed by atoms with Crippen LogP contribution in [0.3, 0.4) is 0 Å². The number of carbonyl (C=O) groups excluding carboxylic acids is 1. The predicted octanol–water partition coefficient (Wildman–Crippen LogP) is 3.43. The van der Waals surface area contributed by atoms with Crippen LogP contribution in [0.15, 0.2) is 30.0 Å². The fraction of sp³-hybridized carbons (Fsp3) is 0.421. The third-order valence-corrected chi connectivity index (χ3v) is 5.06. The number of phenolic OH excluding ortho intramolecular Hbond substituents is 1. The maximum atomic E-state index is 12.2. The van der Waals surface area contributed by atoms with Gasteiger partial charge in [-0.3, -0.25) is 4.79 Å². The molecule has 9 heteroatoms. The molecule has 3 N–H and O–H groups in total. The van der Waals surface area contributed by atoms with Gasteiger partial charge in [-0.2, -0.15) is 8.75 Å². The second kappa shape index (κ2) is 8.47. The van der Waals surface area contributed by atoms with Crippen molar-refractivity contribution in [1.82, 2.24) is 13.6 Å². The number of phenols is 1. The number of aromatic hydroxyl groups is 1. The summed E-state index contributed by atoms with van der Waals surface area (Å²) >= 11 is 1.06. The number of amides is 1. The highest BCUT2D eigenvalue weighted by atomic mass is 32.1. The van der Waals surface area contributed by atoms with Crippen molar-refractivity contribution < 1.29 is 14.6 Å². The Hall–Kier alpha value is -2.81. The lowest BCUT2D eigenvalue weighted by Gasteiger charge is -2.15. The van der Waals surface area contributed by atoms with Gasteiger partial charge in [-0.15, -0.1) is 0 Å². The van der Waals surface area contributed by atoms with Crippen molar-refractivity contribution in [2.45, 2.75) is 26.4 Å². The molecule has 1 aromatic heterocycles. The van der Waals surface area contributed by atoms with Crippen LogP contribution in [-0.2, 0) is 4.74 Å². The Kier molecular flexibility index (Phi) is 6.03. The normalized spacial score (nSPS) is 15.9. The molecule has 1 atom stereocenters. The lowest BCUT2D eigenvalue weighted by Crippen LogP contribution is -2.21. The van der Waals surface area contributed by atoms with Gasteiger partial charge < -0.3 is 25.4 Å². The second-order valence-corrected chi connectivity index (χ2v) is 7.71. The van der Waals surface area contributed by atoms with Crippen molar-refractivity contribution in [3.8, 4) is 5.75 Å². The quantitative estimate of drug-likeness (QED) is 0.609. The molecule has 0 bridgehead atoms. The van der Waals surface area contributed by atoms with Crippen molar-refractivity contribution in [3.05, 3.63) is 35.6 Å². The summed E-state index contributed by atoms with van der Waals surface area (Å²) in [4.78, 5) is 13.6. The summed E-state index contributed by atoms with van der Waals surface area (Å²) in [5, 5.41) is 16.8. The van der Waals surface area contributed by atoms with Gasteiger partial charge in [0, 0.05) is 20.5 Å². The van der Waals surface area contributed by atoms with Crippen LogP contribution in [0.1, 0.15) is 30.6 Å². The first-order valence-electron chi connectivity index (χ1n) is 9.08. The fourth-order valence-electron chi connectivity index (χ4n) is 2.82. The third kappa shape index (κ3) is 4.36. The van der Waals surface area contributed by atoms with Gasteiger partial charge in [-0.1, -0.05) is 19.9 Å². The Morgan fingerprint density at radius 2 is 2.11 bits per heavy atom. The van der Waals surface area contributed by atoms with Gasteiger partial charge in [-0.25, -0.2) is 0 Å². The first kappa shape index (κ1) is 19.9. The van der Waals surface area contributed by atoms with E-state index in [4.69, 9.17) is 4.74 Å². The largest absolute Gasteiger partial charge is 0.505 e. The predicted molar refractivity (Wildman–Crippen MR) is 110 cm³/mol. The summed E-state index contributed by atoms with van der Waals surface area (Å²) in [5.74, 6) is 1.15. The molecule has 0 saturated carbocycles. The smallest absolute Gasteiger partial charge is 0.257 e. The highest BCUT2D eigenvalue weighted by molar-refractivity contribution is 6.99. The molecule has 1 aliphatic rings. The number of carbonyl (C=O) groups is 1. The molecule has 0 spiro atoms. The minimum atomic E-state index is -0.275. The second-order valence-electron chi connectivity index (χ2n) is 7.18. The Balaban J connectivity index is 1.67. The lowest BCUT2D eigenvalue weighted by molar-refractivity contribution is 0.0824. The number of ether oxygens (including phenoxy) is 1. The highest BCUT2D eigenvalue weighted by Gasteiger charge is 2.22. The Bertz CT molecular complexity index is 878. The molecule has 3 rings (SSSR count). The summed E-state index contributed by atoms with van der Waals surface area (Å²) < 4.78 is 14.2. The molecule has 2 heterocycles. The highest BCUT2D eigenvalue weighted by Crippen LogP contribution is 2.33. The van der Waals surface area contributed by atoms with E-state index in [-0.39, 0.29) is 23.3 Å². The molecule has 0 radical (unpaired) electrons. The molecular formula is C19H25N5O3S. The van der Waals surface area contributed by atoms with Crippen LogP contribution < -0.4 is 10.6 Å². The number of aromatic nitrogens is 2. The summed E-state index contributed by atoms with van der Waals surface area (Å²) in [6.45, 7) is 4.90. The van der Waals surface area contributed by atoms with Gasteiger partial charge in [0.05, 0.1) is 35.8 Å². The van der Waals surface area contributed by atoms with E-state index in [1.165, 1.54) is 10.5 Å². The summed E-state index contributed by atoms with van der Waals surface area (Å²) in [7, 11) is 3.28. The SMILES string of the molecule is CC(C)C1=COC(CNc2nsnc2Nc2cccc(C(=O)N(C)C)c2O)C1. The molecule has 8 nitrogen and oxygen atoms in total. The van der Waals surface area contributed by atoms with Gasteiger partial charge in [0.15, 0.2) is 17.4 Å². The van der Waals surface area contributed by atoms with Crippen LogP contribution in [0.5, 0.6) is 5.75 Å². The van der Waals surface area contributed by atoms with Crippen LogP contribution in [-0.4, -0.2) is 51.4 Å². The molecule has 1 aliphatic heterocycles. The maximum Gasteiger partial charge on any atom is 0.257 e. The zero-order valence-corrected chi connectivity index (χ0v) is 17.2. The summed E-state index contributed by atoms with van der Waals surface area (Å²) in [6.07, 6.45) is 2.79. The zero-order chi connectivity index (χ0) is 20.3. The van der Waals surface area contributed by atoms with Gasteiger partial charge in [0.1, 0.15) is 6.10 Å². The topological polar surface area (TPSA) is 99.6 Å². The first-order valence-corrected chi connectivity index (χ1v) is 9.81. The van der Waals surface area contributed by atoms with Crippen LogP contribution in [0.2, 0.25) is 0 Å². The Morgan fingerprint density at radius 3 is 2.79 bits per heavy atom. The Labute approximate surface area is 168 Å². The number of benzene rings is 1. The maximum absolute atomic E-state index is 12.2. The van der Waals surface area contributed by atoms with Crippen LogP contribution in [0.4, 0.5) is 17.3 Å². The van der Waals surface area contributed by atoms with E-state index in [0.29, 0.717) is 29.8 Å². The zero-order valence-electron chi connectivity index (χ0n) is 16.4. The first-order chi connectivity index (χ1) is 13.4. The van der Waals surface area contributed by atoms with Crippen molar-refractivity contribution >= 4 is 35.0 Å². The fourth-order valence-corrected chi connectivity index (χ4v) is 3.30. The van der Waals surface area contributed by atoms with E-state index in [9.17, 15) is 9.90 Å². The Morgan fingerprint density at radius 1 is 1.36 bits per heavy atom. The van der Waals surface area contributed by atoms with E-state index >= 15 is 0 Å². The molecule has 1 amide bonds. The summed E-state index contributed by atoms with van der Waals surface area (Å²) in [6, 6.07) is 4.97. The lowest BCUT2D eigenvalue weighted by atomic mass is 10.0. The van der Waals surface area contributed by atoms with E-state index < -0.39 is 0 Å². The number of rotatable bonds is 7. The number of nitrogens with one attached hydrogen (secondary N) is 2. The number of hydrogen-bond acceptors (Lipinski definition) is 8. The molecule has 1 unspecified atom stereocenters. The summed E-state index contributed by atoms with van der Waals surface area (Å²) in [5.41, 5.74) is 1.91. The van der Waals surface area contributed by atoms with Crippen LogP contribution in [0.25, 0.3) is 0 Å². The van der Waals surface area contributed by atoms with Crippen LogP contribution >= 0.6 is 11.7 Å². The molecule has 1 aromatic carbocycles. The molecule has 28 heavy (non-hydrogen) atoms. The van der Waals surface area contributed by atoms with Gasteiger partial charge in [0.2, 0.25) is 0 Å². The molecule has 2 aromatic rings. The van der Waals surface area contributed by atoms with Gasteiger partial charge >= 0.3 is 0 Å². The number of nitrogens with zero attached hydrogens (tertiary/aromatic N) is 3. The van der Waals surface area contributed by atoms with Crippen molar-refractivity contribution in [2.24, 2.45) is 5.92 Å². The van der Waals surface area contributed by atoms with E-state index in [2.05, 4.69) is 33.2 Å². The molecule has 150 valence electrons. The monoisotopic (exact) mass is 403 g/mol.